The Bertz CT molecular complexity index is 1090. The number of nitrogens with one attached hydrogen (secondary N) is 1. The minimum absolute atomic E-state index is 0.0165. The molecule has 1 amide bonds. The number of carbonyl (C=O) groups excluding carboxylic acids is 2. The third-order valence-electron chi connectivity index (χ3n) is 6.71. The summed E-state index contributed by atoms with van der Waals surface area (Å²) in [5, 5.41) is 40.4. The van der Waals surface area contributed by atoms with E-state index in [1.807, 2.05) is 12.2 Å². The molecule has 14 heteroatoms. The molecule has 1 aliphatic carbocycles. The van der Waals surface area contributed by atoms with Gasteiger partial charge >= 0.3 is 16.0 Å². The molecule has 1 saturated carbocycles. The number of hydrogen-bond donors (Lipinski definition) is 4. The molecule has 0 bridgehead atoms. The van der Waals surface area contributed by atoms with Crippen molar-refractivity contribution in [3.63, 3.8) is 0 Å². The monoisotopic (exact) mass is 602 g/mol. The first-order valence-electron chi connectivity index (χ1n) is 13.8. The Labute approximate surface area is 240 Å². The number of aliphatic hydroxyl groups is 3. The van der Waals surface area contributed by atoms with Crippen LogP contribution in [-0.4, -0.2) is 76.9 Å². The number of anilines is 1. The van der Waals surface area contributed by atoms with Gasteiger partial charge < -0.3 is 25.4 Å². The zero-order chi connectivity index (χ0) is 29.5. The van der Waals surface area contributed by atoms with Gasteiger partial charge in [0.15, 0.2) is 0 Å². The van der Waals surface area contributed by atoms with Crippen LogP contribution in [0.1, 0.15) is 84.5 Å². The summed E-state index contributed by atoms with van der Waals surface area (Å²) in [5.41, 5.74) is 0. The lowest BCUT2D eigenvalue weighted by Gasteiger charge is -2.23. The molecule has 2 rings (SSSR count). The predicted molar refractivity (Wildman–Crippen MR) is 151 cm³/mol. The first-order chi connectivity index (χ1) is 19.0. The van der Waals surface area contributed by atoms with Gasteiger partial charge in [-0.05, 0) is 56.8 Å². The molecule has 1 aromatic rings. The molecule has 0 aliphatic heterocycles. The van der Waals surface area contributed by atoms with Crippen LogP contribution in [0.2, 0.25) is 0 Å². The van der Waals surface area contributed by atoms with E-state index >= 15 is 0 Å². The number of aromatic nitrogens is 2. The van der Waals surface area contributed by atoms with Crippen molar-refractivity contribution in [3.05, 3.63) is 12.2 Å². The van der Waals surface area contributed by atoms with E-state index < -0.39 is 34.1 Å². The summed E-state index contributed by atoms with van der Waals surface area (Å²) in [6.07, 6.45) is 10.2. The zero-order valence-electron chi connectivity index (χ0n) is 23.1. The van der Waals surface area contributed by atoms with E-state index in [2.05, 4.69) is 26.8 Å². The van der Waals surface area contributed by atoms with Crippen molar-refractivity contribution in [2.45, 2.75) is 107 Å². The number of nitrogens with zero attached hydrogens (tertiary/aromatic N) is 3. The second-order valence-electron chi connectivity index (χ2n) is 10.00. The van der Waals surface area contributed by atoms with E-state index in [4.69, 9.17) is 4.74 Å². The van der Waals surface area contributed by atoms with Gasteiger partial charge in [0.1, 0.15) is 0 Å². The van der Waals surface area contributed by atoms with Crippen LogP contribution in [0.3, 0.4) is 0 Å². The van der Waals surface area contributed by atoms with Crippen LogP contribution in [0, 0.1) is 11.8 Å². The molecule has 4 N–H and O–H groups in total. The van der Waals surface area contributed by atoms with Crippen molar-refractivity contribution in [2.75, 3.05) is 11.9 Å². The molecule has 0 unspecified atom stereocenters. The fourth-order valence-electron chi connectivity index (χ4n) is 4.62. The third kappa shape index (κ3) is 12.1. The summed E-state index contributed by atoms with van der Waals surface area (Å²) in [5.74, 6) is -0.884. The first-order valence-corrected chi connectivity index (χ1v) is 16.0. The Morgan fingerprint density at radius 3 is 2.62 bits per heavy atom. The molecular weight excluding hydrogens is 560 g/mol. The molecule has 40 heavy (non-hydrogen) atoms. The number of ether oxygens (including phenoxy) is 1. The molecule has 0 aromatic carbocycles. The van der Waals surface area contributed by atoms with Crippen LogP contribution in [0.25, 0.3) is 0 Å². The molecule has 226 valence electrons. The van der Waals surface area contributed by atoms with Crippen LogP contribution in [0.4, 0.5) is 5.13 Å². The van der Waals surface area contributed by atoms with Crippen molar-refractivity contribution in [1.82, 2.24) is 10.2 Å². The minimum Gasteiger partial charge on any atom is -0.465 e. The average Bonchev–Trinajstić information content (AvgIpc) is 3.46. The summed E-state index contributed by atoms with van der Waals surface area (Å²) >= 11 is 0.684. The summed E-state index contributed by atoms with van der Waals surface area (Å²) in [4.78, 5) is 22.9. The summed E-state index contributed by atoms with van der Waals surface area (Å²) in [6, 6.07) is 0. The van der Waals surface area contributed by atoms with Gasteiger partial charge in [-0.25, -0.2) is 0 Å². The maximum Gasteiger partial charge on any atom is 0.311 e. The van der Waals surface area contributed by atoms with Crippen molar-refractivity contribution < 1.29 is 38.1 Å². The molecule has 0 spiro atoms. The number of sulfonamides is 1. The van der Waals surface area contributed by atoms with E-state index in [0.717, 1.165) is 25.5 Å². The number of aliphatic hydroxyl groups excluding tert-OH is 3. The molecule has 1 aliphatic rings. The summed E-state index contributed by atoms with van der Waals surface area (Å²) in [6.45, 7) is 3.33. The number of hydrogen-bond acceptors (Lipinski definition) is 11. The molecule has 0 saturated heterocycles. The van der Waals surface area contributed by atoms with E-state index in [-0.39, 0.29) is 46.9 Å². The van der Waals surface area contributed by atoms with Gasteiger partial charge in [-0.3, -0.25) is 9.59 Å². The van der Waals surface area contributed by atoms with Gasteiger partial charge in [0, 0.05) is 26.0 Å². The van der Waals surface area contributed by atoms with Gasteiger partial charge in [-0.1, -0.05) is 43.3 Å². The second-order valence-corrected chi connectivity index (χ2v) is 12.8. The number of esters is 1. The largest absolute Gasteiger partial charge is 0.465 e. The predicted octanol–water partition coefficient (Wildman–Crippen LogP) is 3.00. The highest BCUT2D eigenvalue weighted by Crippen LogP contribution is 2.38. The van der Waals surface area contributed by atoms with Crippen LogP contribution < -0.4 is 5.32 Å². The molecule has 5 atom stereocenters. The molecule has 1 fully saturated rings. The Balaban J connectivity index is 1.63. The lowest BCUT2D eigenvalue weighted by molar-refractivity contribution is -0.143. The quantitative estimate of drug-likeness (QED) is 0.0639. The highest BCUT2D eigenvalue weighted by Gasteiger charge is 2.40. The minimum atomic E-state index is -4.05. The van der Waals surface area contributed by atoms with E-state index in [1.165, 1.54) is 6.92 Å². The van der Waals surface area contributed by atoms with Gasteiger partial charge in [-0.15, -0.1) is 10.2 Å². The molecule has 0 radical (unpaired) electrons. The molecule has 1 heterocycles. The standard InChI is InChI=1S/C26H42N4O8S2/c1-3-4-10-19(32)13-14-21-20(22(33)17-23(21)34)11-7-5-6-8-12-24(35)38-16-9-15-27-40(36,37)26-30-29-25(39-26)28-18(2)31/h5,7,15,19-23,32-34H,3-4,6,8-14,16-17H2,1-2H3,(H,28,29,31)/b7-5-,27-15?/t19-,20+,21+,22-,23+/m0/s1. The Hall–Kier alpha value is -2.26. The SMILES string of the molecule is CCCC[C@H](O)CC[C@@H]1[C@@H](C/C=C\CCCC(=O)OCCC=NS(=O)(=O)c2nnc(NC(C)=O)s2)[C@@H](O)C[C@H]1O. The van der Waals surface area contributed by atoms with Crippen LogP contribution in [0.5, 0.6) is 0 Å². The first kappa shape index (κ1) is 33.9. The molecule has 12 nitrogen and oxygen atoms in total. The van der Waals surface area contributed by atoms with Crippen molar-refractivity contribution in [2.24, 2.45) is 16.2 Å². The Kier molecular flexibility index (Phi) is 14.9. The lowest BCUT2D eigenvalue weighted by Crippen LogP contribution is -2.23. The Morgan fingerprint density at radius 1 is 1.15 bits per heavy atom. The average molecular weight is 603 g/mol. The van der Waals surface area contributed by atoms with Crippen molar-refractivity contribution in [3.8, 4) is 0 Å². The Morgan fingerprint density at radius 2 is 1.90 bits per heavy atom. The van der Waals surface area contributed by atoms with Gasteiger partial charge in [0.05, 0.1) is 24.9 Å². The number of amides is 1. The highest BCUT2D eigenvalue weighted by atomic mass is 32.2. The fourth-order valence-corrected chi connectivity index (χ4v) is 6.47. The zero-order valence-corrected chi connectivity index (χ0v) is 24.8. The van der Waals surface area contributed by atoms with Crippen LogP contribution >= 0.6 is 11.3 Å². The topological polar surface area (TPSA) is 188 Å². The van der Waals surface area contributed by atoms with Crippen LogP contribution in [-0.2, 0) is 24.3 Å². The van der Waals surface area contributed by atoms with E-state index in [9.17, 15) is 33.3 Å². The second kappa shape index (κ2) is 17.5. The lowest BCUT2D eigenvalue weighted by atomic mass is 9.85. The maximum absolute atomic E-state index is 12.1. The van der Waals surface area contributed by atoms with Gasteiger partial charge in [0.25, 0.3) is 4.34 Å². The van der Waals surface area contributed by atoms with E-state index in [1.54, 1.807) is 0 Å². The van der Waals surface area contributed by atoms with Gasteiger partial charge in [0.2, 0.25) is 11.0 Å². The fraction of sp³-hybridized carbons (Fsp3) is 0.731. The number of allylic oxidation sites excluding steroid dienone is 2. The van der Waals surface area contributed by atoms with Crippen molar-refractivity contribution >= 4 is 44.6 Å². The third-order valence-corrected chi connectivity index (χ3v) is 9.17. The highest BCUT2D eigenvalue weighted by molar-refractivity contribution is 7.92. The number of rotatable bonds is 18. The van der Waals surface area contributed by atoms with Crippen LogP contribution in [0.15, 0.2) is 20.9 Å². The van der Waals surface area contributed by atoms with E-state index in [0.29, 0.717) is 49.9 Å². The summed E-state index contributed by atoms with van der Waals surface area (Å²) in [7, 11) is -4.05. The maximum atomic E-state index is 12.1. The molecule has 1 aromatic heterocycles. The number of unbranched alkanes of at least 4 members (excludes halogenated alkanes) is 2. The normalized spacial score (nSPS) is 22.2. The molecular formula is C26H42N4O8S2. The summed E-state index contributed by atoms with van der Waals surface area (Å²) < 4.78 is 32.5. The number of carbonyl (C=O) groups is 2. The van der Waals surface area contributed by atoms with Crippen molar-refractivity contribution in [1.29, 1.82) is 0 Å². The smallest absolute Gasteiger partial charge is 0.311 e. The van der Waals surface area contributed by atoms with Gasteiger partial charge in [-0.2, -0.15) is 12.8 Å².